The number of anilines is 2. The molecule has 1 aromatic heterocycles. The van der Waals surface area contributed by atoms with Crippen molar-refractivity contribution in [3.05, 3.63) is 40.3 Å². The number of hydrogen-bond donors (Lipinski definition) is 1. The molecule has 1 aliphatic carbocycles. The summed E-state index contributed by atoms with van der Waals surface area (Å²) in [5.41, 5.74) is 2.09. The number of carbonyl (C=O) groups excluding carboxylic acids is 1. The van der Waals surface area contributed by atoms with Gasteiger partial charge in [0.2, 0.25) is 0 Å². The van der Waals surface area contributed by atoms with Gasteiger partial charge in [-0.05, 0) is 55.9 Å². The molecule has 1 aromatic carbocycles. The number of thiazole rings is 1. The Morgan fingerprint density at radius 1 is 1.17 bits per heavy atom. The fourth-order valence-corrected chi connectivity index (χ4v) is 4.11. The van der Waals surface area contributed by atoms with Gasteiger partial charge in [0.15, 0.2) is 0 Å². The van der Waals surface area contributed by atoms with E-state index in [-0.39, 0.29) is 5.91 Å². The summed E-state index contributed by atoms with van der Waals surface area (Å²) < 4.78 is 0. The highest BCUT2D eigenvalue weighted by molar-refractivity contribution is 7.13. The lowest BCUT2D eigenvalue weighted by Crippen LogP contribution is -2.32. The van der Waals surface area contributed by atoms with Crippen LogP contribution in [0.5, 0.6) is 0 Å². The third-order valence-corrected chi connectivity index (χ3v) is 6.11. The maximum absolute atomic E-state index is 12.3. The monoisotopic (exact) mass is 341 g/mol. The van der Waals surface area contributed by atoms with Crippen molar-refractivity contribution in [3.63, 3.8) is 0 Å². The number of benzene rings is 1. The number of piperidine rings is 1. The molecule has 2 aromatic rings. The SMILES string of the molecule is CC1CCN(c2ccc(NC(=O)c3cnc(C4CC4)s3)cc2)CC1. The Bertz CT molecular complexity index is 712. The average molecular weight is 341 g/mol. The van der Waals surface area contributed by atoms with Crippen molar-refractivity contribution in [3.8, 4) is 0 Å². The lowest BCUT2D eigenvalue weighted by molar-refractivity contribution is 0.103. The van der Waals surface area contributed by atoms with Gasteiger partial charge in [-0.15, -0.1) is 11.3 Å². The first-order valence-corrected chi connectivity index (χ1v) is 9.63. The molecule has 0 bridgehead atoms. The molecule has 1 amide bonds. The topological polar surface area (TPSA) is 45.2 Å². The number of aromatic nitrogens is 1. The molecule has 4 nitrogen and oxygen atoms in total. The molecule has 0 atom stereocenters. The maximum atomic E-state index is 12.3. The number of carbonyl (C=O) groups is 1. The number of rotatable bonds is 4. The van der Waals surface area contributed by atoms with Gasteiger partial charge in [-0.3, -0.25) is 4.79 Å². The van der Waals surface area contributed by atoms with E-state index < -0.39 is 0 Å². The second-order valence-electron chi connectivity index (χ2n) is 7.01. The van der Waals surface area contributed by atoms with E-state index >= 15 is 0 Å². The molecule has 2 fully saturated rings. The minimum absolute atomic E-state index is 0.0565. The van der Waals surface area contributed by atoms with Crippen molar-refractivity contribution in [2.45, 2.75) is 38.5 Å². The Morgan fingerprint density at radius 3 is 2.54 bits per heavy atom. The fourth-order valence-electron chi connectivity index (χ4n) is 3.13. The van der Waals surface area contributed by atoms with Gasteiger partial charge < -0.3 is 10.2 Å². The minimum Gasteiger partial charge on any atom is -0.372 e. The Labute approximate surface area is 146 Å². The Kier molecular flexibility index (Phi) is 4.27. The quantitative estimate of drug-likeness (QED) is 0.890. The van der Waals surface area contributed by atoms with Gasteiger partial charge in [0.05, 0.1) is 11.2 Å². The van der Waals surface area contributed by atoms with Gasteiger partial charge >= 0.3 is 0 Å². The van der Waals surface area contributed by atoms with Crippen molar-refractivity contribution in [1.82, 2.24) is 4.98 Å². The molecule has 1 saturated carbocycles. The standard InChI is InChI=1S/C19H23N3OS/c1-13-8-10-22(11-9-13)16-6-4-15(5-7-16)21-18(23)17-12-20-19(24-17)14-2-3-14/h4-7,12-14H,2-3,8-11H2,1H3,(H,21,23). The first-order valence-electron chi connectivity index (χ1n) is 8.81. The van der Waals surface area contributed by atoms with Gasteiger partial charge in [-0.25, -0.2) is 4.98 Å². The van der Waals surface area contributed by atoms with Crippen molar-refractivity contribution >= 4 is 28.6 Å². The van der Waals surface area contributed by atoms with Gasteiger partial charge in [-0.2, -0.15) is 0 Å². The van der Waals surface area contributed by atoms with Crippen LogP contribution in [0.15, 0.2) is 30.5 Å². The first kappa shape index (κ1) is 15.6. The van der Waals surface area contributed by atoms with Crippen LogP contribution in [0, 0.1) is 5.92 Å². The van der Waals surface area contributed by atoms with Crippen LogP contribution in [0.25, 0.3) is 0 Å². The molecule has 0 spiro atoms. The summed E-state index contributed by atoms with van der Waals surface area (Å²) in [6.45, 7) is 4.57. The summed E-state index contributed by atoms with van der Waals surface area (Å²) in [7, 11) is 0. The van der Waals surface area contributed by atoms with Crippen LogP contribution in [-0.4, -0.2) is 24.0 Å². The van der Waals surface area contributed by atoms with Crippen LogP contribution in [0.4, 0.5) is 11.4 Å². The van der Waals surface area contributed by atoms with E-state index in [0.29, 0.717) is 10.8 Å². The van der Waals surface area contributed by atoms with Crippen molar-refractivity contribution in [2.24, 2.45) is 5.92 Å². The highest BCUT2D eigenvalue weighted by Gasteiger charge is 2.27. The largest absolute Gasteiger partial charge is 0.372 e. The highest BCUT2D eigenvalue weighted by Crippen LogP contribution is 2.41. The second-order valence-corrected chi connectivity index (χ2v) is 8.07. The molecule has 4 rings (SSSR count). The van der Waals surface area contributed by atoms with Gasteiger partial charge in [0, 0.05) is 30.4 Å². The average Bonchev–Trinajstić information content (AvgIpc) is 3.33. The Hall–Kier alpha value is -1.88. The summed E-state index contributed by atoms with van der Waals surface area (Å²) in [5.74, 6) is 1.38. The molecule has 2 aliphatic rings. The molecule has 24 heavy (non-hydrogen) atoms. The van der Waals surface area contributed by atoms with Gasteiger partial charge in [-0.1, -0.05) is 6.92 Å². The van der Waals surface area contributed by atoms with E-state index in [4.69, 9.17) is 0 Å². The Balaban J connectivity index is 1.38. The zero-order chi connectivity index (χ0) is 16.5. The van der Waals surface area contributed by atoms with E-state index in [9.17, 15) is 4.79 Å². The number of hydrogen-bond acceptors (Lipinski definition) is 4. The molecule has 5 heteroatoms. The van der Waals surface area contributed by atoms with E-state index in [1.54, 1.807) is 6.20 Å². The van der Waals surface area contributed by atoms with E-state index in [1.165, 1.54) is 42.7 Å². The van der Waals surface area contributed by atoms with Gasteiger partial charge in [0.1, 0.15) is 4.88 Å². The van der Waals surface area contributed by atoms with Gasteiger partial charge in [0.25, 0.3) is 5.91 Å². The van der Waals surface area contributed by atoms with Crippen LogP contribution in [0.1, 0.15) is 53.2 Å². The summed E-state index contributed by atoms with van der Waals surface area (Å²) in [4.78, 5) is 19.8. The molecular weight excluding hydrogens is 318 g/mol. The zero-order valence-electron chi connectivity index (χ0n) is 14.0. The Morgan fingerprint density at radius 2 is 1.88 bits per heavy atom. The van der Waals surface area contributed by atoms with Crippen molar-refractivity contribution < 1.29 is 4.79 Å². The third kappa shape index (κ3) is 3.46. The molecule has 0 unspecified atom stereocenters. The highest BCUT2D eigenvalue weighted by atomic mass is 32.1. The van der Waals surface area contributed by atoms with E-state index in [0.717, 1.165) is 29.7 Å². The molecule has 126 valence electrons. The number of nitrogens with one attached hydrogen (secondary N) is 1. The van der Waals surface area contributed by atoms with Crippen molar-refractivity contribution in [1.29, 1.82) is 0 Å². The van der Waals surface area contributed by atoms with Crippen LogP contribution < -0.4 is 10.2 Å². The minimum atomic E-state index is -0.0565. The molecule has 1 N–H and O–H groups in total. The lowest BCUT2D eigenvalue weighted by atomic mass is 9.99. The first-order chi connectivity index (χ1) is 11.7. The lowest BCUT2D eigenvalue weighted by Gasteiger charge is -2.32. The summed E-state index contributed by atoms with van der Waals surface area (Å²) in [6, 6.07) is 8.20. The predicted molar refractivity (Wildman–Crippen MR) is 99.1 cm³/mol. The van der Waals surface area contributed by atoms with E-state index in [2.05, 4.69) is 34.3 Å². The molecule has 2 heterocycles. The third-order valence-electron chi connectivity index (χ3n) is 4.95. The van der Waals surface area contributed by atoms with Crippen LogP contribution >= 0.6 is 11.3 Å². The van der Waals surface area contributed by atoms with Crippen LogP contribution in [0.2, 0.25) is 0 Å². The molecule has 0 radical (unpaired) electrons. The summed E-state index contributed by atoms with van der Waals surface area (Å²) in [5, 5.41) is 4.09. The molecule has 1 saturated heterocycles. The smallest absolute Gasteiger partial charge is 0.267 e. The molecular formula is C19H23N3OS. The molecule has 1 aliphatic heterocycles. The maximum Gasteiger partial charge on any atom is 0.267 e. The number of nitrogens with zero attached hydrogens (tertiary/aromatic N) is 2. The zero-order valence-corrected chi connectivity index (χ0v) is 14.8. The van der Waals surface area contributed by atoms with E-state index in [1.807, 2.05) is 12.1 Å². The predicted octanol–water partition coefficient (Wildman–Crippen LogP) is 4.51. The fraction of sp³-hybridized carbons (Fsp3) is 0.474. The van der Waals surface area contributed by atoms with Crippen LogP contribution in [-0.2, 0) is 0 Å². The summed E-state index contributed by atoms with van der Waals surface area (Å²) >= 11 is 1.53. The van der Waals surface area contributed by atoms with Crippen molar-refractivity contribution in [2.75, 3.05) is 23.3 Å². The normalized spacial score (nSPS) is 18.6. The van der Waals surface area contributed by atoms with Crippen LogP contribution in [0.3, 0.4) is 0 Å². The summed E-state index contributed by atoms with van der Waals surface area (Å²) in [6.07, 6.45) is 6.65. The second kappa shape index (κ2) is 6.55. The number of amides is 1.